The van der Waals surface area contributed by atoms with Crippen LogP contribution in [0.1, 0.15) is 27.6 Å². The third kappa shape index (κ3) is 1.64. The lowest BCUT2D eigenvalue weighted by Crippen LogP contribution is -2.29. The van der Waals surface area contributed by atoms with E-state index in [1.165, 1.54) is 17.0 Å². The maximum absolute atomic E-state index is 11.7. The molecule has 0 aromatic heterocycles. The van der Waals surface area contributed by atoms with Crippen molar-refractivity contribution in [2.24, 2.45) is 0 Å². The number of ketones is 1. The predicted molar refractivity (Wildman–Crippen MR) is 63.5 cm³/mol. The number of Topliss-reactive ketones (excluding diaryl/α,β-unsaturated/α-hetero) is 1. The Bertz CT molecular complexity index is 553. The Morgan fingerprint density at radius 3 is 2.59 bits per heavy atom. The van der Waals surface area contributed by atoms with Crippen LogP contribution in [-0.4, -0.2) is 29.3 Å². The number of hydrogen-bond acceptors (Lipinski definition) is 3. The van der Waals surface area contributed by atoms with E-state index in [9.17, 15) is 14.4 Å². The van der Waals surface area contributed by atoms with Gasteiger partial charge in [-0.2, -0.15) is 0 Å². The second-order valence-corrected chi connectivity index (χ2v) is 4.39. The fourth-order valence-electron chi connectivity index (χ4n) is 1.81. The monoisotopic (exact) mass is 297 g/mol. The van der Waals surface area contributed by atoms with Gasteiger partial charge in [0, 0.05) is 11.0 Å². The largest absolute Gasteiger partial charge is 0.478 e. The molecule has 0 spiro atoms. The van der Waals surface area contributed by atoms with Crippen LogP contribution in [0.25, 0.3) is 0 Å². The maximum atomic E-state index is 11.7. The molecular formula is C11H8BrNO4. The van der Waals surface area contributed by atoms with Crippen LogP contribution in [0, 0.1) is 0 Å². The Balaban J connectivity index is 2.69. The zero-order chi connectivity index (χ0) is 12.7. The SMILES string of the molecule is CCN1C(=O)C(=O)c2cc(C(=O)O)cc(Br)c21. The van der Waals surface area contributed by atoms with Crippen molar-refractivity contribution in [1.29, 1.82) is 0 Å². The number of carboxylic acids is 1. The number of hydrogen-bond donors (Lipinski definition) is 1. The van der Waals surface area contributed by atoms with Crippen LogP contribution in [0.2, 0.25) is 0 Å². The third-order valence-electron chi connectivity index (χ3n) is 2.58. The minimum atomic E-state index is -1.14. The average molecular weight is 298 g/mol. The minimum absolute atomic E-state index is 0.0188. The van der Waals surface area contributed by atoms with E-state index in [0.717, 1.165) is 0 Å². The zero-order valence-corrected chi connectivity index (χ0v) is 10.4. The summed E-state index contributed by atoms with van der Waals surface area (Å²) < 4.78 is 0.438. The topological polar surface area (TPSA) is 74.7 Å². The number of anilines is 1. The highest BCUT2D eigenvalue weighted by Crippen LogP contribution is 2.36. The Morgan fingerprint density at radius 1 is 1.41 bits per heavy atom. The van der Waals surface area contributed by atoms with E-state index in [-0.39, 0.29) is 11.1 Å². The highest BCUT2D eigenvalue weighted by atomic mass is 79.9. The lowest BCUT2D eigenvalue weighted by Gasteiger charge is -2.15. The van der Waals surface area contributed by atoms with Crippen LogP contribution in [0.3, 0.4) is 0 Å². The Morgan fingerprint density at radius 2 is 2.06 bits per heavy atom. The van der Waals surface area contributed by atoms with Crippen LogP contribution in [0.4, 0.5) is 5.69 Å². The van der Waals surface area contributed by atoms with Crippen molar-refractivity contribution in [2.45, 2.75) is 6.92 Å². The second kappa shape index (κ2) is 3.96. The molecule has 0 saturated carbocycles. The quantitative estimate of drug-likeness (QED) is 0.843. The first-order chi connectivity index (χ1) is 7.97. The van der Waals surface area contributed by atoms with Gasteiger partial charge in [0.25, 0.3) is 11.7 Å². The molecule has 0 radical (unpaired) electrons. The van der Waals surface area contributed by atoms with E-state index in [1.807, 2.05) is 0 Å². The van der Waals surface area contributed by atoms with E-state index in [1.54, 1.807) is 6.92 Å². The normalized spacial score (nSPS) is 14.1. The van der Waals surface area contributed by atoms with E-state index < -0.39 is 17.7 Å². The number of nitrogens with zero attached hydrogens (tertiary/aromatic N) is 1. The van der Waals surface area contributed by atoms with Gasteiger partial charge in [0.1, 0.15) is 0 Å². The predicted octanol–water partition coefficient (Wildman–Crippen LogP) is 1.70. The molecule has 88 valence electrons. The number of carbonyl (C=O) groups excluding carboxylic acids is 2. The van der Waals surface area contributed by atoms with Gasteiger partial charge < -0.3 is 10.0 Å². The first-order valence-electron chi connectivity index (χ1n) is 4.90. The highest BCUT2D eigenvalue weighted by molar-refractivity contribution is 9.10. The standard InChI is InChI=1S/C11H8BrNO4/c1-2-13-8-6(9(14)10(13)15)3-5(11(16)17)4-7(8)12/h3-4H,2H2,1H3,(H,16,17). The Hall–Kier alpha value is -1.69. The molecule has 1 aliphatic rings. The molecule has 0 aliphatic carbocycles. The summed E-state index contributed by atoms with van der Waals surface area (Å²) >= 11 is 3.19. The van der Waals surface area contributed by atoms with Crippen LogP contribution < -0.4 is 4.90 Å². The summed E-state index contributed by atoms with van der Waals surface area (Å²) in [5.74, 6) is -2.42. The van der Waals surface area contributed by atoms with E-state index in [2.05, 4.69) is 15.9 Å². The number of aromatic carboxylic acids is 1. The molecule has 17 heavy (non-hydrogen) atoms. The van der Waals surface area contributed by atoms with Gasteiger partial charge in [0.2, 0.25) is 0 Å². The molecule has 0 bridgehead atoms. The van der Waals surface area contributed by atoms with Gasteiger partial charge in [0.15, 0.2) is 0 Å². The molecule has 1 aromatic carbocycles. The van der Waals surface area contributed by atoms with Crippen LogP contribution in [0.5, 0.6) is 0 Å². The molecule has 1 aromatic rings. The Kier molecular flexibility index (Phi) is 2.74. The number of carboxylic acid groups (broad SMARTS) is 1. The molecule has 1 N–H and O–H groups in total. The maximum Gasteiger partial charge on any atom is 0.335 e. The van der Waals surface area contributed by atoms with E-state index in [4.69, 9.17) is 5.11 Å². The smallest absolute Gasteiger partial charge is 0.335 e. The van der Waals surface area contributed by atoms with Crippen molar-refractivity contribution in [3.8, 4) is 0 Å². The Labute approximate surface area is 105 Å². The summed E-state index contributed by atoms with van der Waals surface area (Å²) in [7, 11) is 0. The van der Waals surface area contributed by atoms with E-state index >= 15 is 0 Å². The molecule has 5 nitrogen and oxygen atoms in total. The molecule has 0 fully saturated rings. The lowest BCUT2D eigenvalue weighted by atomic mass is 10.1. The molecule has 0 unspecified atom stereocenters. The number of halogens is 1. The first-order valence-corrected chi connectivity index (χ1v) is 5.69. The van der Waals surface area contributed by atoms with Gasteiger partial charge in [-0.15, -0.1) is 0 Å². The number of rotatable bonds is 2. The number of carbonyl (C=O) groups is 3. The first kappa shape index (κ1) is 11.8. The molecule has 0 saturated heterocycles. The van der Waals surface area contributed by atoms with Crippen molar-refractivity contribution >= 4 is 39.3 Å². The molecule has 1 aliphatic heterocycles. The molecule has 0 atom stereocenters. The van der Waals surface area contributed by atoms with Gasteiger partial charge in [-0.3, -0.25) is 9.59 Å². The number of likely N-dealkylation sites (N-methyl/N-ethyl adjacent to an activating group) is 1. The average Bonchev–Trinajstić information content (AvgIpc) is 2.53. The lowest BCUT2D eigenvalue weighted by molar-refractivity contribution is -0.114. The molecule has 1 heterocycles. The minimum Gasteiger partial charge on any atom is -0.478 e. The third-order valence-corrected chi connectivity index (χ3v) is 3.19. The van der Waals surface area contributed by atoms with Crippen molar-refractivity contribution < 1.29 is 19.5 Å². The molecule has 2 rings (SSSR count). The fraction of sp³-hybridized carbons (Fsp3) is 0.182. The van der Waals surface area contributed by atoms with E-state index in [0.29, 0.717) is 16.7 Å². The van der Waals surface area contributed by atoms with Crippen LogP contribution in [-0.2, 0) is 4.79 Å². The number of amides is 1. The van der Waals surface area contributed by atoms with Crippen molar-refractivity contribution in [1.82, 2.24) is 0 Å². The van der Waals surface area contributed by atoms with Gasteiger partial charge in [-0.1, -0.05) is 0 Å². The number of benzene rings is 1. The van der Waals surface area contributed by atoms with Crippen LogP contribution >= 0.6 is 15.9 Å². The van der Waals surface area contributed by atoms with Gasteiger partial charge in [-0.25, -0.2) is 4.79 Å². The van der Waals surface area contributed by atoms with Crippen molar-refractivity contribution in [2.75, 3.05) is 11.4 Å². The summed E-state index contributed by atoms with van der Waals surface area (Å²) in [5.41, 5.74) is 0.575. The summed E-state index contributed by atoms with van der Waals surface area (Å²) in [6.07, 6.45) is 0. The summed E-state index contributed by atoms with van der Waals surface area (Å²) in [6.45, 7) is 2.11. The van der Waals surface area contributed by atoms with Crippen molar-refractivity contribution in [3.05, 3.63) is 27.7 Å². The fourth-order valence-corrected chi connectivity index (χ4v) is 2.49. The van der Waals surface area contributed by atoms with Gasteiger partial charge >= 0.3 is 5.97 Å². The number of fused-ring (bicyclic) bond motifs is 1. The summed E-state index contributed by atoms with van der Waals surface area (Å²) in [4.78, 5) is 35.5. The molecule has 1 amide bonds. The van der Waals surface area contributed by atoms with Crippen LogP contribution in [0.15, 0.2) is 16.6 Å². The molecule has 6 heteroatoms. The zero-order valence-electron chi connectivity index (χ0n) is 8.86. The molecular weight excluding hydrogens is 290 g/mol. The summed E-state index contributed by atoms with van der Waals surface area (Å²) in [5, 5.41) is 8.89. The van der Waals surface area contributed by atoms with Crippen molar-refractivity contribution in [3.63, 3.8) is 0 Å². The summed E-state index contributed by atoms with van der Waals surface area (Å²) in [6, 6.07) is 2.62. The van der Waals surface area contributed by atoms with Gasteiger partial charge in [-0.05, 0) is 35.0 Å². The highest BCUT2D eigenvalue weighted by Gasteiger charge is 2.37. The second-order valence-electron chi connectivity index (χ2n) is 3.54. The van der Waals surface area contributed by atoms with Gasteiger partial charge in [0.05, 0.1) is 16.8 Å².